The SMILES string of the molecule is [CH2]c1cccc(C(=O)Nc2ncc(N)[nH]2)c1. The molecule has 5 nitrogen and oxygen atoms in total. The van der Waals surface area contributed by atoms with E-state index < -0.39 is 0 Å². The average Bonchev–Trinajstić information content (AvgIpc) is 2.64. The van der Waals surface area contributed by atoms with E-state index in [1.165, 1.54) is 6.20 Å². The number of aromatic nitrogens is 2. The van der Waals surface area contributed by atoms with E-state index in [0.29, 0.717) is 17.3 Å². The van der Waals surface area contributed by atoms with Crippen LogP contribution in [0.3, 0.4) is 0 Å². The summed E-state index contributed by atoms with van der Waals surface area (Å²) in [4.78, 5) is 18.3. The Labute approximate surface area is 92.7 Å². The van der Waals surface area contributed by atoms with E-state index in [0.717, 1.165) is 5.56 Å². The van der Waals surface area contributed by atoms with Crippen molar-refractivity contribution in [2.24, 2.45) is 0 Å². The monoisotopic (exact) mass is 215 g/mol. The van der Waals surface area contributed by atoms with Crippen molar-refractivity contribution in [1.82, 2.24) is 9.97 Å². The molecule has 1 radical (unpaired) electrons. The third-order valence-electron chi connectivity index (χ3n) is 2.02. The van der Waals surface area contributed by atoms with E-state index >= 15 is 0 Å². The topological polar surface area (TPSA) is 83.8 Å². The molecule has 0 spiro atoms. The molecule has 1 aromatic carbocycles. The Balaban J connectivity index is 2.14. The lowest BCUT2D eigenvalue weighted by atomic mass is 10.1. The number of imidazole rings is 1. The van der Waals surface area contributed by atoms with Crippen LogP contribution in [0.15, 0.2) is 30.5 Å². The second-order valence-corrected chi connectivity index (χ2v) is 3.34. The van der Waals surface area contributed by atoms with Crippen molar-refractivity contribution < 1.29 is 4.79 Å². The van der Waals surface area contributed by atoms with E-state index in [9.17, 15) is 4.79 Å². The van der Waals surface area contributed by atoms with Gasteiger partial charge >= 0.3 is 0 Å². The van der Waals surface area contributed by atoms with E-state index in [2.05, 4.69) is 22.2 Å². The molecule has 16 heavy (non-hydrogen) atoms. The highest BCUT2D eigenvalue weighted by Gasteiger charge is 2.07. The fourth-order valence-electron chi connectivity index (χ4n) is 1.29. The summed E-state index contributed by atoms with van der Waals surface area (Å²) in [6.07, 6.45) is 1.44. The minimum Gasteiger partial charge on any atom is -0.384 e. The molecule has 0 unspecified atom stereocenters. The van der Waals surface area contributed by atoms with Crippen LogP contribution in [0.4, 0.5) is 11.8 Å². The molecule has 0 bridgehead atoms. The Kier molecular flexibility index (Phi) is 2.59. The number of anilines is 2. The number of hydrogen-bond acceptors (Lipinski definition) is 3. The number of benzene rings is 1. The summed E-state index contributed by atoms with van der Waals surface area (Å²) in [6, 6.07) is 6.99. The zero-order valence-corrected chi connectivity index (χ0v) is 8.53. The van der Waals surface area contributed by atoms with Crippen LogP contribution in [0.1, 0.15) is 15.9 Å². The Morgan fingerprint density at radius 1 is 1.50 bits per heavy atom. The molecule has 2 aromatic rings. The van der Waals surface area contributed by atoms with Crippen LogP contribution < -0.4 is 11.1 Å². The van der Waals surface area contributed by atoms with Crippen molar-refractivity contribution in [3.8, 4) is 0 Å². The van der Waals surface area contributed by atoms with Crippen LogP contribution in [-0.4, -0.2) is 15.9 Å². The van der Waals surface area contributed by atoms with Crippen LogP contribution >= 0.6 is 0 Å². The lowest BCUT2D eigenvalue weighted by Crippen LogP contribution is -2.13. The molecule has 81 valence electrons. The summed E-state index contributed by atoms with van der Waals surface area (Å²) < 4.78 is 0. The van der Waals surface area contributed by atoms with Gasteiger partial charge in [-0.25, -0.2) is 4.98 Å². The predicted molar refractivity (Wildman–Crippen MR) is 61.9 cm³/mol. The first-order valence-corrected chi connectivity index (χ1v) is 4.69. The van der Waals surface area contributed by atoms with Crippen LogP contribution in [-0.2, 0) is 0 Å². The highest BCUT2D eigenvalue weighted by atomic mass is 16.1. The predicted octanol–water partition coefficient (Wildman–Crippen LogP) is 1.43. The van der Waals surface area contributed by atoms with E-state index in [1.54, 1.807) is 18.2 Å². The highest BCUT2D eigenvalue weighted by Crippen LogP contribution is 2.08. The average molecular weight is 215 g/mol. The van der Waals surface area contributed by atoms with Gasteiger partial charge in [-0.05, 0) is 24.6 Å². The zero-order chi connectivity index (χ0) is 11.5. The number of rotatable bonds is 2. The molecule has 1 aromatic heterocycles. The Bertz CT molecular complexity index is 518. The van der Waals surface area contributed by atoms with Gasteiger partial charge in [0.05, 0.1) is 6.20 Å². The molecule has 1 amide bonds. The van der Waals surface area contributed by atoms with E-state index in [1.807, 2.05) is 6.07 Å². The number of carbonyl (C=O) groups excluding carboxylic acids is 1. The maximum Gasteiger partial charge on any atom is 0.257 e. The summed E-state index contributed by atoms with van der Waals surface area (Å²) in [7, 11) is 0. The molecule has 5 heteroatoms. The van der Waals surface area contributed by atoms with Crippen molar-refractivity contribution in [1.29, 1.82) is 0 Å². The van der Waals surface area contributed by atoms with Gasteiger partial charge in [0.25, 0.3) is 5.91 Å². The second kappa shape index (κ2) is 4.06. The minimum absolute atomic E-state index is 0.250. The summed E-state index contributed by atoms with van der Waals surface area (Å²) >= 11 is 0. The normalized spacial score (nSPS) is 10.1. The molecule has 0 aliphatic carbocycles. The van der Waals surface area contributed by atoms with Crippen LogP contribution in [0, 0.1) is 6.92 Å². The molecule has 0 saturated carbocycles. The Morgan fingerprint density at radius 2 is 2.31 bits per heavy atom. The lowest BCUT2D eigenvalue weighted by Gasteiger charge is -2.02. The van der Waals surface area contributed by atoms with Gasteiger partial charge < -0.3 is 10.7 Å². The van der Waals surface area contributed by atoms with Gasteiger partial charge in [0.1, 0.15) is 5.82 Å². The Hall–Kier alpha value is -2.30. The number of nitrogen functional groups attached to an aromatic ring is 1. The third kappa shape index (κ3) is 2.20. The quantitative estimate of drug-likeness (QED) is 0.708. The summed E-state index contributed by atoms with van der Waals surface area (Å²) in [5, 5.41) is 2.59. The van der Waals surface area contributed by atoms with Crippen molar-refractivity contribution in [3.63, 3.8) is 0 Å². The van der Waals surface area contributed by atoms with Gasteiger partial charge in [0, 0.05) is 5.56 Å². The largest absolute Gasteiger partial charge is 0.384 e. The number of nitrogens with one attached hydrogen (secondary N) is 2. The molecule has 0 aliphatic rings. The molecule has 1 heterocycles. The molecule has 0 fully saturated rings. The molecule has 0 aliphatic heterocycles. The second-order valence-electron chi connectivity index (χ2n) is 3.34. The number of aromatic amines is 1. The smallest absolute Gasteiger partial charge is 0.257 e. The molecular weight excluding hydrogens is 204 g/mol. The number of carbonyl (C=O) groups is 1. The van der Waals surface area contributed by atoms with Crippen molar-refractivity contribution in [2.45, 2.75) is 0 Å². The first kappa shape index (κ1) is 10.2. The van der Waals surface area contributed by atoms with E-state index in [-0.39, 0.29) is 5.91 Å². The van der Waals surface area contributed by atoms with Crippen LogP contribution in [0.25, 0.3) is 0 Å². The van der Waals surface area contributed by atoms with E-state index in [4.69, 9.17) is 5.73 Å². The van der Waals surface area contributed by atoms with Crippen molar-refractivity contribution in [3.05, 3.63) is 48.5 Å². The summed E-state index contributed by atoms with van der Waals surface area (Å²) in [6.45, 7) is 3.75. The molecule has 2 rings (SSSR count). The van der Waals surface area contributed by atoms with Crippen LogP contribution in [0.5, 0.6) is 0 Å². The van der Waals surface area contributed by atoms with Gasteiger partial charge in [-0.3, -0.25) is 10.1 Å². The van der Waals surface area contributed by atoms with Gasteiger partial charge in [0.2, 0.25) is 5.95 Å². The standard InChI is InChI=1S/C11H11N4O/c1-7-3-2-4-8(5-7)10(16)15-11-13-6-9(12)14-11/h2-6H,1,12H2,(H2,13,14,15,16). The fraction of sp³-hybridized carbons (Fsp3) is 0. The third-order valence-corrected chi connectivity index (χ3v) is 2.02. The summed E-state index contributed by atoms with van der Waals surface area (Å²) in [5.41, 5.74) is 6.75. The number of hydrogen-bond donors (Lipinski definition) is 3. The molecule has 4 N–H and O–H groups in total. The molecule has 0 saturated heterocycles. The highest BCUT2D eigenvalue weighted by molar-refractivity contribution is 6.03. The molecule has 0 atom stereocenters. The number of nitrogens with two attached hydrogens (primary N) is 1. The lowest BCUT2D eigenvalue weighted by molar-refractivity contribution is 0.102. The number of amides is 1. The zero-order valence-electron chi connectivity index (χ0n) is 8.53. The number of nitrogens with zero attached hydrogens (tertiary/aromatic N) is 1. The number of H-pyrrole nitrogens is 1. The molecular formula is C11H11N4O. The van der Waals surface area contributed by atoms with Crippen molar-refractivity contribution in [2.75, 3.05) is 11.1 Å². The van der Waals surface area contributed by atoms with Crippen molar-refractivity contribution >= 4 is 17.7 Å². The minimum atomic E-state index is -0.250. The first-order valence-electron chi connectivity index (χ1n) is 4.69. The Morgan fingerprint density at radius 3 is 2.94 bits per heavy atom. The van der Waals surface area contributed by atoms with Gasteiger partial charge in [-0.1, -0.05) is 12.1 Å². The first-order chi connectivity index (χ1) is 7.65. The maximum absolute atomic E-state index is 11.7. The fourth-order valence-corrected chi connectivity index (χ4v) is 1.29. The van der Waals surface area contributed by atoms with Gasteiger partial charge in [-0.2, -0.15) is 0 Å². The maximum atomic E-state index is 11.7. The van der Waals surface area contributed by atoms with Gasteiger partial charge in [-0.15, -0.1) is 0 Å². The van der Waals surface area contributed by atoms with Gasteiger partial charge in [0.15, 0.2) is 0 Å². The summed E-state index contributed by atoms with van der Waals surface area (Å²) in [5.74, 6) is 0.484. The van der Waals surface area contributed by atoms with Crippen LogP contribution in [0.2, 0.25) is 0 Å².